The van der Waals surface area contributed by atoms with E-state index in [-0.39, 0.29) is 5.97 Å². The van der Waals surface area contributed by atoms with Crippen LogP contribution in [0.15, 0.2) is 11.6 Å². The molecule has 0 radical (unpaired) electrons. The fourth-order valence-electron chi connectivity index (χ4n) is 0.420. The zero-order chi connectivity index (χ0) is 11.8. The molecule has 2 N–H and O–H groups in total. The summed E-state index contributed by atoms with van der Waals surface area (Å²) in [4.78, 5) is 10.6. The van der Waals surface area contributed by atoms with E-state index in [9.17, 15) is 4.79 Å². The van der Waals surface area contributed by atoms with Crippen molar-refractivity contribution >= 4 is 16.4 Å². The molecule has 0 rings (SSSR count). The van der Waals surface area contributed by atoms with Crippen LogP contribution >= 0.6 is 0 Å². The van der Waals surface area contributed by atoms with E-state index in [1.807, 2.05) is 13.8 Å². The average Bonchev–Trinajstić information content (AvgIpc) is 1.80. The van der Waals surface area contributed by atoms with Crippen molar-refractivity contribution in [2.75, 3.05) is 6.61 Å². The van der Waals surface area contributed by atoms with E-state index in [2.05, 4.69) is 4.74 Å². The monoisotopic (exact) mass is 226 g/mol. The lowest BCUT2D eigenvalue weighted by molar-refractivity contribution is -0.137. The van der Waals surface area contributed by atoms with E-state index in [1.54, 1.807) is 6.92 Å². The molecule has 0 bridgehead atoms. The van der Waals surface area contributed by atoms with Crippen LogP contribution in [0.5, 0.6) is 0 Å². The SMILES string of the molecule is CCOC(=O)C=C(C)C.O=S(=O)(O)O. The van der Waals surface area contributed by atoms with E-state index >= 15 is 0 Å². The van der Waals surface area contributed by atoms with Gasteiger partial charge in [0.2, 0.25) is 0 Å². The Balaban J connectivity index is 0. The molecule has 84 valence electrons. The molecule has 6 nitrogen and oxygen atoms in total. The predicted molar refractivity (Wildman–Crippen MR) is 50.2 cm³/mol. The van der Waals surface area contributed by atoms with Gasteiger partial charge in [-0.2, -0.15) is 8.42 Å². The predicted octanol–water partition coefficient (Wildman–Crippen LogP) is 0.863. The van der Waals surface area contributed by atoms with Crippen LogP contribution in [0.2, 0.25) is 0 Å². The van der Waals surface area contributed by atoms with Gasteiger partial charge in [-0.05, 0) is 20.8 Å². The maximum Gasteiger partial charge on any atom is 0.394 e. The van der Waals surface area contributed by atoms with Gasteiger partial charge in [0.15, 0.2) is 0 Å². The highest BCUT2D eigenvalue weighted by molar-refractivity contribution is 7.79. The molecule has 0 spiro atoms. The van der Waals surface area contributed by atoms with Crippen molar-refractivity contribution in [3.8, 4) is 0 Å². The topological polar surface area (TPSA) is 101 Å². The van der Waals surface area contributed by atoms with E-state index in [1.165, 1.54) is 6.08 Å². The fourth-order valence-corrected chi connectivity index (χ4v) is 0.420. The highest BCUT2D eigenvalue weighted by atomic mass is 32.3. The minimum atomic E-state index is -4.67. The van der Waals surface area contributed by atoms with Crippen LogP contribution in [-0.4, -0.2) is 30.1 Å². The van der Waals surface area contributed by atoms with Crippen molar-refractivity contribution in [3.05, 3.63) is 11.6 Å². The molecule has 0 amide bonds. The van der Waals surface area contributed by atoms with E-state index in [0.717, 1.165) is 5.57 Å². The number of hydrogen-bond donors (Lipinski definition) is 2. The molecule has 7 heteroatoms. The van der Waals surface area contributed by atoms with Crippen LogP contribution < -0.4 is 0 Å². The maximum atomic E-state index is 10.6. The third kappa shape index (κ3) is 30.5. The molecule has 0 aliphatic carbocycles. The summed E-state index contributed by atoms with van der Waals surface area (Å²) < 4.78 is 36.2. The van der Waals surface area contributed by atoms with Crippen molar-refractivity contribution in [1.29, 1.82) is 0 Å². The van der Waals surface area contributed by atoms with Gasteiger partial charge in [-0.25, -0.2) is 4.79 Å². The first-order valence-electron chi connectivity index (χ1n) is 3.68. The summed E-state index contributed by atoms with van der Waals surface area (Å²) in [6.45, 7) is 5.95. The van der Waals surface area contributed by atoms with Crippen molar-refractivity contribution in [3.63, 3.8) is 0 Å². The van der Waals surface area contributed by atoms with Crippen LogP contribution in [0.4, 0.5) is 0 Å². The smallest absolute Gasteiger partial charge is 0.394 e. The number of hydrogen-bond acceptors (Lipinski definition) is 4. The number of carbonyl (C=O) groups excluding carboxylic acids is 1. The second kappa shape index (κ2) is 7.48. The fraction of sp³-hybridized carbons (Fsp3) is 0.571. The van der Waals surface area contributed by atoms with Crippen LogP contribution in [0, 0.1) is 0 Å². The molecule has 14 heavy (non-hydrogen) atoms. The van der Waals surface area contributed by atoms with Crippen LogP contribution in [0.25, 0.3) is 0 Å². The number of ether oxygens (including phenoxy) is 1. The Morgan fingerprint density at radius 3 is 1.93 bits per heavy atom. The number of esters is 1. The third-order valence-corrected chi connectivity index (χ3v) is 0.693. The van der Waals surface area contributed by atoms with Gasteiger partial charge in [0.25, 0.3) is 0 Å². The lowest BCUT2D eigenvalue weighted by Crippen LogP contribution is -1.99. The van der Waals surface area contributed by atoms with Gasteiger partial charge in [-0.15, -0.1) is 0 Å². The first-order valence-corrected chi connectivity index (χ1v) is 5.08. The molecule has 0 fully saturated rings. The van der Waals surface area contributed by atoms with Crippen molar-refractivity contribution < 1.29 is 27.1 Å². The van der Waals surface area contributed by atoms with Gasteiger partial charge in [0.05, 0.1) is 6.61 Å². The molecule has 0 aromatic rings. The van der Waals surface area contributed by atoms with Crippen molar-refractivity contribution in [1.82, 2.24) is 0 Å². The molecule has 0 atom stereocenters. The number of carbonyl (C=O) groups is 1. The van der Waals surface area contributed by atoms with Crippen LogP contribution in [0.3, 0.4) is 0 Å². The molecule has 0 aliphatic heterocycles. The number of allylic oxidation sites excluding steroid dienone is 1. The summed E-state index contributed by atoms with van der Waals surface area (Å²) in [5, 5.41) is 0. The van der Waals surface area contributed by atoms with Crippen LogP contribution in [-0.2, 0) is 19.9 Å². The Labute approximate surface area is 83.2 Å². The summed E-state index contributed by atoms with van der Waals surface area (Å²) in [5.74, 6) is -0.252. The molecule has 0 saturated carbocycles. The first kappa shape index (κ1) is 15.5. The Bertz CT molecular complexity index is 277. The average molecular weight is 226 g/mol. The standard InChI is InChI=1S/C7H12O2.H2O4S/c1-4-9-7(8)5-6(2)3;1-5(2,3)4/h5H,4H2,1-3H3;(H2,1,2,3,4). The number of rotatable bonds is 2. The molecule has 0 aliphatic rings. The Hall–Kier alpha value is -0.920. The summed E-state index contributed by atoms with van der Waals surface area (Å²) in [7, 11) is -4.67. The second-order valence-corrected chi connectivity index (χ2v) is 3.32. The van der Waals surface area contributed by atoms with Crippen molar-refractivity contribution in [2.45, 2.75) is 20.8 Å². The van der Waals surface area contributed by atoms with Crippen LogP contribution in [0.1, 0.15) is 20.8 Å². The van der Waals surface area contributed by atoms with E-state index < -0.39 is 10.4 Å². The van der Waals surface area contributed by atoms with Gasteiger partial charge in [-0.3, -0.25) is 9.11 Å². The maximum absolute atomic E-state index is 10.6. The molecule has 0 aromatic heterocycles. The van der Waals surface area contributed by atoms with E-state index in [4.69, 9.17) is 17.5 Å². The second-order valence-electron chi connectivity index (χ2n) is 2.42. The summed E-state index contributed by atoms with van der Waals surface area (Å²) in [5.41, 5.74) is 0.966. The zero-order valence-corrected chi connectivity index (χ0v) is 9.04. The lowest BCUT2D eigenvalue weighted by Gasteiger charge is -1.94. The van der Waals surface area contributed by atoms with Crippen molar-refractivity contribution in [2.24, 2.45) is 0 Å². The van der Waals surface area contributed by atoms with Gasteiger partial charge in [-0.1, -0.05) is 5.57 Å². The lowest BCUT2D eigenvalue weighted by atomic mass is 10.3. The Morgan fingerprint density at radius 1 is 1.36 bits per heavy atom. The van der Waals surface area contributed by atoms with Gasteiger partial charge in [0, 0.05) is 6.08 Å². The minimum Gasteiger partial charge on any atom is -0.463 e. The highest BCUT2D eigenvalue weighted by Gasteiger charge is 1.92. The largest absolute Gasteiger partial charge is 0.463 e. The third-order valence-electron chi connectivity index (χ3n) is 0.693. The molecular formula is C7H14O6S. The molecule has 0 heterocycles. The van der Waals surface area contributed by atoms with Gasteiger partial charge in [0.1, 0.15) is 0 Å². The van der Waals surface area contributed by atoms with E-state index in [0.29, 0.717) is 6.61 Å². The summed E-state index contributed by atoms with van der Waals surface area (Å²) >= 11 is 0. The highest BCUT2D eigenvalue weighted by Crippen LogP contribution is 1.89. The molecular weight excluding hydrogens is 212 g/mol. The Kier molecular flexibility index (Phi) is 8.31. The Morgan fingerprint density at radius 2 is 1.71 bits per heavy atom. The molecule has 0 aromatic carbocycles. The summed E-state index contributed by atoms with van der Waals surface area (Å²) in [6.07, 6.45) is 1.48. The van der Waals surface area contributed by atoms with Gasteiger partial charge >= 0.3 is 16.4 Å². The normalized spacial score (nSPS) is 9.50. The summed E-state index contributed by atoms with van der Waals surface area (Å²) in [6, 6.07) is 0. The first-order chi connectivity index (χ1) is 6.16. The quantitative estimate of drug-likeness (QED) is 0.411. The zero-order valence-electron chi connectivity index (χ0n) is 8.22. The molecule has 0 saturated heterocycles. The van der Waals surface area contributed by atoms with Gasteiger partial charge < -0.3 is 4.74 Å². The minimum absolute atomic E-state index is 0.252. The molecule has 0 unspecified atom stereocenters.